The molecule has 100 valence electrons. The molecule has 0 bridgehead atoms. The van der Waals surface area contributed by atoms with Crippen molar-refractivity contribution in [2.24, 2.45) is 0 Å². The molecule has 2 unspecified atom stereocenters. The third-order valence-electron chi connectivity index (χ3n) is 2.90. The van der Waals surface area contributed by atoms with Crippen LogP contribution in [0, 0.1) is 0 Å². The third kappa shape index (κ3) is 3.19. The Labute approximate surface area is 106 Å². The second-order valence-electron chi connectivity index (χ2n) is 4.60. The van der Waals surface area contributed by atoms with Crippen molar-refractivity contribution in [1.82, 2.24) is 20.8 Å². The summed E-state index contributed by atoms with van der Waals surface area (Å²) < 4.78 is 5.40. The van der Waals surface area contributed by atoms with E-state index in [-0.39, 0.29) is 24.0 Å². The first-order valence-corrected chi connectivity index (χ1v) is 6.17. The van der Waals surface area contributed by atoms with Gasteiger partial charge in [-0.15, -0.1) is 5.10 Å². The van der Waals surface area contributed by atoms with Gasteiger partial charge in [-0.05, 0) is 33.7 Å². The lowest BCUT2D eigenvalue weighted by Gasteiger charge is -2.11. The summed E-state index contributed by atoms with van der Waals surface area (Å²) in [6, 6.07) is 0.224. The minimum Gasteiger partial charge on any atom is -0.406 e. The van der Waals surface area contributed by atoms with Crippen LogP contribution in [-0.2, 0) is 4.79 Å². The zero-order valence-corrected chi connectivity index (χ0v) is 10.9. The molecule has 7 nitrogen and oxygen atoms in total. The number of nitrogens with zero attached hydrogens (tertiary/aromatic N) is 2. The standard InChI is InChI=1S/C11H19N5O2/c1-6(9(17)14-8-4-5-8)13-11-16-15-10(18-11)7(2)12-3/h6-8,12H,4-5H2,1-3H3,(H,13,16)(H,14,17). The predicted molar refractivity (Wildman–Crippen MR) is 66.0 cm³/mol. The fourth-order valence-corrected chi connectivity index (χ4v) is 1.40. The van der Waals surface area contributed by atoms with E-state index in [1.807, 2.05) is 14.0 Å². The molecule has 2 atom stereocenters. The summed E-state index contributed by atoms with van der Waals surface area (Å²) in [7, 11) is 1.81. The first-order chi connectivity index (χ1) is 8.60. The number of aromatic nitrogens is 2. The van der Waals surface area contributed by atoms with E-state index in [9.17, 15) is 4.79 Å². The van der Waals surface area contributed by atoms with Crippen LogP contribution in [0.3, 0.4) is 0 Å². The van der Waals surface area contributed by atoms with Gasteiger partial charge in [0.1, 0.15) is 6.04 Å². The van der Waals surface area contributed by atoms with E-state index in [1.54, 1.807) is 6.92 Å². The normalized spacial score (nSPS) is 18.2. The molecule has 0 aromatic carbocycles. The molecule has 3 N–H and O–H groups in total. The van der Waals surface area contributed by atoms with E-state index in [0.29, 0.717) is 11.9 Å². The number of hydrogen-bond acceptors (Lipinski definition) is 6. The molecule has 1 aliphatic rings. The summed E-state index contributed by atoms with van der Waals surface area (Å²) in [6.07, 6.45) is 2.14. The highest BCUT2D eigenvalue weighted by Gasteiger charge is 2.26. The van der Waals surface area contributed by atoms with Crippen molar-refractivity contribution >= 4 is 11.9 Å². The Morgan fingerprint density at radius 3 is 2.72 bits per heavy atom. The molecule has 2 rings (SSSR count). The molecule has 18 heavy (non-hydrogen) atoms. The maximum absolute atomic E-state index is 11.7. The fourth-order valence-electron chi connectivity index (χ4n) is 1.40. The van der Waals surface area contributed by atoms with E-state index < -0.39 is 0 Å². The molecule has 0 radical (unpaired) electrons. The molecule has 1 amide bonds. The SMILES string of the molecule is CNC(C)c1nnc(NC(C)C(=O)NC2CC2)o1. The monoisotopic (exact) mass is 253 g/mol. The average Bonchev–Trinajstić information content (AvgIpc) is 3.04. The fraction of sp³-hybridized carbons (Fsp3) is 0.727. The number of carbonyl (C=O) groups excluding carboxylic acids is 1. The van der Waals surface area contributed by atoms with Crippen molar-refractivity contribution in [3.63, 3.8) is 0 Å². The second kappa shape index (κ2) is 5.34. The lowest BCUT2D eigenvalue weighted by Crippen LogP contribution is -2.38. The van der Waals surface area contributed by atoms with Gasteiger partial charge in [-0.2, -0.15) is 0 Å². The van der Waals surface area contributed by atoms with E-state index in [1.165, 1.54) is 0 Å². The van der Waals surface area contributed by atoms with Gasteiger partial charge in [-0.1, -0.05) is 5.10 Å². The number of anilines is 1. The maximum Gasteiger partial charge on any atom is 0.316 e. The summed E-state index contributed by atoms with van der Waals surface area (Å²) in [4.78, 5) is 11.7. The summed E-state index contributed by atoms with van der Waals surface area (Å²) in [5.74, 6) is 0.453. The molecule has 1 heterocycles. The Bertz CT molecular complexity index is 415. The number of hydrogen-bond donors (Lipinski definition) is 3. The van der Waals surface area contributed by atoms with Crippen LogP contribution in [0.25, 0.3) is 0 Å². The lowest BCUT2D eigenvalue weighted by molar-refractivity contribution is -0.121. The molecule has 1 saturated carbocycles. The molecule has 1 fully saturated rings. The summed E-state index contributed by atoms with van der Waals surface area (Å²) >= 11 is 0. The highest BCUT2D eigenvalue weighted by atomic mass is 16.4. The van der Waals surface area contributed by atoms with Crippen molar-refractivity contribution in [2.45, 2.75) is 44.8 Å². The van der Waals surface area contributed by atoms with Crippen LogP contribution in [-0.4, -0.2) is 35.2 Å². The number of nitrogens with one attached hydrogen (secondary N) is 3. The minimum atomic E-state index is -0.385. The molecule has 0 spiro atoms. The quantitative estimate of drug-likeness (QED) is 0.681. The maximum atomic E-state index is 11.7. The van der Waals surface area contributed by atoms with Crippen LogP contribution in [0.4, 0.5) is 6.01 Å². The Hall–Kier alpha value is -1.63. The van der Waals surface area contributed by atoms with Gasteiger partial charge in [-0.3, -0.25) is 4.79 Å². The van der Waals surface area contributed by atoms with Crippen molar-refractivity contribution in [3.05, 3.63) is 5.89 Å². The highest BCUT2D eigenvalue weighted by Crippen LogP contribution is 2.19. The largest absolute Gasteiger partial charge is 0.406 e. The molecule has 0 saturated heterocycles. The van der Waals surface area contributed by atoms with Gasteiger partial charge in [0.15, 0.2) is 0 Å². The zero-order valence-electron chi connectivity index (χ0n) is 10.9. The Morgan fingerprint density at radius 1 is 1.39 bits per heavy atom. The minimum absolute atomic E-state index is 0.0105. The topological polar surface area (TPSA) is 92.1 Å². The Kier molecular flexibility index (Phi) is 3.81. The molecule has 1 aliphatic carbocycles. The first kappa shape index (κ1) is 12.8. The van der Waals surface area contributed by atoms with Gasteiger partial charge in [0, 0.05) is 6.04 Å². The zero-order chi connectivity index (χ0) is 13.1. The van der Waals surface area contributed by atoms with Gasteiger partial charge in [-0.25, -0.2) is 0 Å². The molecule has 7 heteroatoms. The lowest BCUT2D eigenvalue weighted by atomic mass is 10.3. The van der Waals surface area contributed by atoms with Crippen molar-refractivity contribution in [1.29, 1.82) is 0 Å². The van der Waals surface area contributed by atoms with E-state index in [2.05, 4.69) is 26.1 Å². The van der Waals surface area contributed by atoms with Gasteiger partial charge in [0.2, 0.25) is 11.8 Å². The van der Waals surface area contributed by atoms with Crippen molar-refractivity contribution in [2.75, 3.05) is 12.4 Å². The molecular weight excluding hydrogens is 234 g/mol. The van der Waals surface area contributed by atoms with Gasteiger partial charge >= 0.3 is 6.01 Å². The summed E-state index contributed by atoms with van der Waals surface area (Å²) in [6.45, 7) is 3.68. The number of carbonyl (C=O) groups is 1. The van der Waals surface area contributed by atoms with E-state index in [4.69, 9.17) is 4.42 Å². The Morgan fingerprint density at radius 2 is 2.11 bits per heavy atom. The highest BCUT2D eigenvalue weighted by molar-refractivity contribution is 5.84. The van der Waals surface area contributed by atoms with Crippen LogP contribution in [0.1, 0.15) is 38.6 Å². The van der Waals surface area contributed by atoms with Crippen LogP contribution in [0.15, 0.2) is 4.42 Å². The van der Waals surface area contributed by atoms with Crippen LogP contribution in [0.2, 0.25) is 0 Å². The molecular formula is C11H19N5O2. The Balaban J connectivity index is 1.87. The van der Waals surface area contributed by atoms with Crippen LogP contribution >= 0.6 is 0 Å². The van der Waals surface area contributed by atoms with Gasteiger partial charge in [0.05, 0.1) is 6.04 Å². The molecule has 1 aromatic heterocycles. The van der Waals surface area contributed by atoms with Crippen LogP contribution < -0.4 is 16.0 Å². The van der Waals surface area contributed by atoms with Crippen molar-refractivity contribution in [3.8, 4) is 0 Å². The average molecular weight is 253 g/mol. The smallest absolute Gasteiger partial charge is 0.316 e. The number of amides is 1. The second-order valence-corrected chi connectivity index (χ2v) is 4.60. The van der Waals surface area contributed by atoms with Crippen molar-refractivity contribution < 1.29 is 9.21 Å². The van der Waals surface area contributed by atoms with Crippen LogP contribution in [0.5, 0.6) is 0 Å². The van der Waals surface area contributed by atoms with Gasteiger partial charge in [0.25, 0.3) is 0 Å². The first-order valence-electron chi connectivity index (χ1n) is 6.17. The third-order valence-corrected chi connectivity index (χ3v) is 2.90. The molecule has 1 aromatic rings. The van der Waals surface area contributed by atoms with E-state index in [0.717, 1.165) is 12.8 Å². The molecule has 0 aliphatic heterocycles. The van der Waals surface area contributed by atoms with E-state index >= 15 is 0 Å². The summed E-state index contributed by atoms with van der Waals surface area (Å²) in [5, 5.41) is 16.6. The van der Waals surface area contributed by atoms with Gasteiger partial charge < -0.3 is 20.4 Å². The summed E-state index contributed by atoms with van der Waals surface area (Å²) in [5.41, 5.74) is 0. The number of rotatable bonds is 6. The predicted octanol–water partition coefficient (Wildman–Crippen LogP) is 0.429.